The second kappa shape index (κ2) is 4.16. The molecule has 0 radical (unpaired) electrons. The molecule has 0 aromatic carbocycles. The van der Waals surface area contributed by atoms with Crippen molar-refractivity contribution in [3.63, 3.8) is 0 Å². The van der Waals surface area contributed by atoms with E-state index in [4.69, 9.17) is 10.3 Å². The molecule has 3 rings (SSSR count). The number of rotatable bonds is 2. The lowest BCUT2D eigenvalue weighted by Gasteiger charge is -2.00. The van der Waals surface area contributed by atoms with Gasteiger partial charge in [-0.05, 0) is 18.9 Å². The summed E-state index contributed by atoms with van der Waals surface area (Å²) in [5.41, 5.74) is 7.15. The van der Waals surface area contributed by atoms with Crippen LogP contribution in [-0.4, -0.2) is 15.1 Å². The van der Waals surface area contributed by atoms with E-state index >= 15 is 0 Å². The number of pyridine rings is 1. The van der Waals surface area contributed by atoms with Crippen LogP contribution in [0, 0.1) is 0 Å². The van der Waals surface area contributed by atoms with Gasteiger partial charge in [0, 0.05) is 12.1 Å². The highest BCUT2D eigenvalue weighted by atomic mass is 16.5. The summed E-state index contributed by atoms with van der Waals surface area (Å²) >= 11 is 0. The van der Waals surface area contributed by atoms with E-state index in [1.54, 1.807) is 18.5 Å². The number of aromatic nitrogens is 3. The summed E-state index contributed by atoms with van der Waals surface area (Å²) in [5.74, 6) is 1.76. The quantitative estimate of drug-likeness (QED) is 0.856. The first-order chi connectivity index (χ1) is 8.34. The fourth-order valence-electron chi connectivity index (χ4n) is 2.30. The van der Waals surface area contributed by atoms with Crippen LogP contribution >= 0.6 is 0 Å². The van der Waals surface area contributed by atoms with Gasteiger partial charge in [0.1, 0.15) is 0 Å². The Labute approximate surface area is 99.1 Å². The third-order valence-electron chi connectivity index (χ3n) is 3.24. The van der Waals surface area contributed by atoms with Gasteiger partial charge in [-0.1, -0.05) is 18.0 Å². The molecule has 17 heavy (non-hydrogen) atoms. The van der Waals surface area contributed by atoms with E-state index in [1.807, 2.05) is 0 Å². The Morgan fingerprint density at radius 2 is 2.12 bits per heavy atom. The van der Waals surface area contributed by atoms with Crippen LogP contribution in [0.25, 0.3) is 11.5 Å². The zero-order valence-corrected chi connectivity index (χ0v) is 9.47. The minimum atomic E-state index is 0.454. The number of nitrogen functional groups attached to an aromatic ring is 1. The highest BCUT2D eigenvalue weighted by Crippen LogP contribution is 2.33. The van der Waals surface area contributed by atoms with Gasteiger partial charge in [-0.3, -0.25) is 4.98 Å². The first-order valence-electron chi connectivity index (χ1n) is 5.88. The van der Waals surface area contributed by atoms with E-state index in [0.29, 0.717) is 17.5 Å². The predicted molar refractivity (Wildman–Crippen MR) is 63.2 cm³/mol. The molecule has 1 saturated carbocycles. The molecule has 0 atom stereocenters. The average Bonchev–Trinajstić information content (AvgIpc) is 3.00. The van der Waals surface area contributed by atoms with E-state index in [9.17, 15) is 0 Å². The Hall–Kier alpha value is -1.91. The molecule has 2 heterocycles. The van der Waals surface area contributed by atoms with Crippen LogP contribution in [0.4, 0.5) is 5.69 Å². The topological polar surface area (TPSA) is 77.8 Å². The molecule has 0 bridgehead atoms. The molecule has 5 heteroatoms. The summed E-state index contributed by atoms with van der Waals surface area (Å²) in [6.07, 6.45) is 8.09. The molecule has 88 valence electrons. The van der Waals surface area contributed by atoms with Crippen LogP contribution in [0.3, 0.4) is 0 Å². The van der Waals surface area contributed by atoms with E-state index in [0.717, 1.165) is 24.2 Å². The molecule has 1 aliphatic rings. The minimum Gasteiger partial charge on any atom is -0.397 e. The van der Waals surface area contributed by atoms with E-state index in [2.05, 4.69) is 15.1 Å². The van der Waals surface area contributed by atoms with Crippen molar-refractivity contribution < 1.29 is 4.52 Å². The smallest absolute Gasteiger partial charge is 0.260 e. The molecular formula is C12H14N4O. The molecular weight excluding hydrogens is 216 g/mol. The van der Waals surface area contributed by atoms with Crippen LogP contribution < -0.4 is 5.73 Å². The Balaban J connectivity index is 1.92. The highest BCUT2D eigenvalue weighted by molar-refractivity contribution is 5.68. The fraction of sp³-hybridized carbons (Fsp3) is 0.417. The van der Waals surface area contributed by atoms with Crippen molar-refractivity contribution in [3.8, 4) is 11.5 Å². The van der Waals surface area contributed by atoms with Gasteiger partial charge in [-0.2, -0.15) is 4.98 Å². The summed E-state index contributed by atoms with van der Waals surface area (Å²) in [7, 11) is 0. The van der Waals surface area contributed by atoms with Crippen LogP contribution in [0.15, 0.2) is 23.0 Å². The second-order valence-corrected chi connectivity index (χ2v) is 4.40. The summed E-state index contributed by atoms with van der Waals surface area (Å²) in [5, 5.41) is 4.05. The van der Waals surface area contributed by atoms with Gasteiger partial charge in [-0.25, -0.2) is 0 Å². The number of hydrogen-bond acceptors (Lipinski definition) is 5. The minimum absolute atomic E-state index is 0.454. The molecule has 0 unspecified atom stereocenters. The van der Waals surface area contributed by atoms with Gasteiger partial charge in [-0.15, -0.1) is 0 Å². The third kappa shape index (κ3) is 1.88. The van der Waals surface area contributed by atoms with Crippen molar-refractivity contribution >= 4 is 5.69 Å². The SMILES string of the molecule is Nc1cnccc1-c1nc(C2CCCC2)no1. The van der Waals surface area contributed by atoms with E-state index < -0.39 is 0 Å². The maximum Gasteiger partial charge on any atom is 0.260 e. The van der Waals surface area contributed by atoms with Gasteiger partial charge in [0.25, 0.3) is 5.89 Å². The van der Waals surface area contributed by atoms with Crippen LogP contribution in [0.5, 0.6) is 0 Å². The molecule has 2 aromatic rings. The molecule has 5 nitrogen and oxygen atoms in total. The summed E-state index contributed by atoms with van der Waals surface area (Å²) < 4.78 is 5.28. The molecule has 0 aliphatic heterocycles. The van der Waals surface area contributed by atoms with Crippen molar-refractivity contribution in [2.75, 3.05) is 5.73 Å². The lowest BCUT2D eigenvalue weighted by atomic mass is 10.1. The number of nitrogens with two attached hydrogens (primary N) is 1. The molecule has 0 saturated heterocycles. The first kappa shape index (κ1) is 10.3. The zero-order valence-electron chi connectivity index (χ0n) is 9.47. The Bertz CT molecular complexity index is 517. The molecule has 1 fully saturated rings. The lowest BCUT2D eigenvalue weighted by molar-refractivity contribution is 0.416. The molecule has 1 aliphatic carbocycles. The largest absolute Gasteiger partial charge is 0.397 e. The molecule has 2 N–H and O–H groups in total. The fourth-order valence-corrected chi connectivity index (χ4v) is 2.30. The maximum atomic E-state index is 5.83. The van der Waals surface area contributed by atoms with Crippen LogP contribution in [-0.2, 0) is 0 Å². The predicted octanol–water partition coefficient (Wildman–Crippen LogP) is 2.37. The maximum absolute atomic E-state index is 5.83. The van der Waals surface area contributed by atoms with Gasteiger partial charge >= 0.3 is 0 Å². The van der Waals surface area contributed by atoms with Crippen molar-refractivity contribution in [3.05, 3.63) is 24.3 Å². The van der Waals surface area contributed by atoms with Crippen molar-refractivity contribution in [1.29, 1.82) is 0 Å². The summed E-state index contributed by atoms with van der Waals surface area (Å²) in [6.45, 7) is 0. The molecule has 2 aromatic heterocycles. The summed E-state index contributed by atoms with van der Waals surface area (Å²) in [4.78, 5) is 8.38. The number of hydrogen-bond donors (Lipinski definition) is 1. The number of anilines is 1. The summed E-state index contributed by atoms with van der Waals surface area (Å²) in [6, 6.07) is 1.79. The van der Waals surface area contributed by atoms with Crippen molar-refractivity contribution in [2.45, 2.75) is 31.6 Å². The van der Waals surface area contributed by atoms with Gasteiger partial charge in [0.05, 0.1) is 17.4 Å². The molecule has 0 spiro atoms. The monoisotopic (exact) mass is 230 g/mol. The van der Waals surface area contributed by atoms with E-state index in [1.165, 1.54) is 12.8 Å². The zero-order chi connectivity index (χ0) is 11.7. The third-order valence-corrected chi connectivity index (χ3v) is 3.24. The second-order valence-electron chi connectivity index (χ2n) is 4.40. The van der Waals surface area contributed by atoms with Crippen molar-refractivity contribution in [2.24, 2.45) is 0 Å². The molecule has 0 amide bonds. The van der Waals surface area contributed by atoms with Gasteiger partial charge in [0.15, 0.2) is 5.82 Å². The van der Waals surface area contributed by atoms with Gasteiger partial charge < -0.3 is 10.3 Å². The van der Waals surface area contributed by atoms with E-state index in [-0.39, 0.29) is 0 Å². The number of nitrogens with zero attached hydrogens (tertiary/aromatic N) is 3. The van der Waals surface area contributed by atoms with Crippen molar-refractivity contribution in [1.82, 2.24) is 15.1 Å². The normalized spacial score (nSPS) is 16.5. The lowest BCUT2D eigenvalue weighted by Crippen LogP contribution is -1.95. The Morgan fingerprint density at radius 1 is 1.29 bits per heavy atom. The van der Waals surface area contributed by atoms with Crippen LogP contribution in [0.1, 0.15) is 37.4 Å². The van der Waals surface area contributed by atoms with Crippen LogP contribution in [0.2, 0.25) is 0 Å². The Kier molecular flexibility index (Phi) is 2.51. The Morgan fingerprint density at radius 3 is 2.88 bits per heavy atom. The first-order valence-corrected chi connectivity index (χ1v) is 5.88. The standard InChI is InChI=1S/C12H14N4O/c13-10-7-14-6-5-9(10)12-15-11(16-17-12)8-3-1-2-4-8/h5-8H,1-4,13H2. The highest BCUT2D eigenvalue weighted by Gasteiger charge is 2.23. The average molecular weight is 230 g/mol. The van der Waals surface area contributed by atoms with Gasteiger partial charge in [0.2, 0.25) is 0 Å².